The van der Waals surface area contributed by atoms with Crippen LogP contribution in [0.3, 0.4) is 0 Å². The lowest BCUT2D eigenvalue weighted by molar-refractivity contribution is 0.0932. The van der Waals surface area contributed by atoms with Crippen molar-refractivity contribution >= 4 is 12.6 Å². The maximum absolute atomic E-state index is 12.4. The molecule has 7 nitrogen and oxygen atoms in total. The molecular weight excluding hydrogens is 304 g/mol. The van der Waals surface area contributed by atoms with Crippen LogP contribution in [0.5, 0.6) is 0 Å². The van der Waals surface area contributed by atoms with Gasteiger partial charge in [-0.1, -0.05) is 6.07 Å². The summed E-state index contributed by atoms with van der Waals surface area (Å²) in [5.41, 5.74) is 2.30. The number of nitrogens with zero attached hydrogens (tertiary/aromatic N) is 5. The largest absolute Gasteiger partial charge is 0.347 e. The number of aromatic nitrogens is 3. The molecule has 1 atom stereocenters. The van der Waals surface area contributed by atoms with Crippen molar-refractivity contribution < 1.29 is 4.79 Å². The second kappa shape index (κ2) is 7.35. The van der Waals surface area contributed by atoms with Gasteiger partial charge in [0.2, 0.25) is 0 Å². The minimum Gasteiger partial charge on any atom is -0.347 e. The van der Waals surface area contributed by atoms with E-state index in [2.05, 4.69) is 32.0 Å². The standard InChI is InChI=1S/C17H22N6O/c1-13-9-16(21-23(13)11-14-5-3-4-7-19-14)17(24)20-15-6-8-22(10-15)12-18-2/h3-5,7,9,15H,2,6,8,10-12H2,1H3,(H,20,24)/t15-/m1/s1. The molecule has 0 spiro atoms. The number of aliphatic imine (C=N–C) groups is 1. The van der Waals surface area contributed by atoms with Gasteiger partial charge in [-0.05, 0) is 38.3 Å². The molecule has 3 rings (SSSR count). The van der Waals surface area contributed by atoms with E-state index in [0.29, 0.717) is 18.9 Å². The molecule has 2 aromatic rings. The van der Waals surface area contributed by atoms with E-state index in [9.17, 15) is 4.79 Å². The first-order valence-corrected chi connectivity index (χ1v) is 8.06. The van der Waals surface area contributed by atoms with Crippen LogP contribution >= 0.6 is 0 Å². The van der Waals surface area contributed by atoms with Crippen molar-refractivity contribution in [2.24, 2.45) is 4.99 Å². The third-order valence-electron chi connectivity index (χ3n) is 4.16. The second-order valence-corrected chi connectivity index (χ2v) is 6.05. The molecule has 1 aliphatic rings. The molecule has 1 N–H and O–H groups in total. The van der Waals surface area contributed by atoms with Crippen LogP contribution < -0.4 is 5.32 Å². The number of amides is 1. The Labute approximate surface area is 141 Å². The van der Waals surface area contributed by atoms with Crippen LogP contribution in [0.2, 0.25) is 0 Å². The van der Waals surface area contributed by atoms with Crippen molar-refractivity contribution in [3.8, 4) is 0 Å². The minimum absolute atomic E-state index is 0.128. The molecule has 7 heteroatoms. The number of likely N-dealkylation sites (tertiary alicyclic amines) is 1. The van der Waals surface area contributed by atoms with E-state index >= 15 is 0 Å². The third kappa shape index (κ3) is 3.86. The molecule has 0 radical (unpaired) electrons. The van der Waals surface area contributed by atoms with E-state index in [-0.39, 0.29) is 11.9 Å². The van der Waals surface area contributed by atoms with Crippen molar-refractivity contribution in [2.75, 3.05) is 19.8 Å². The molecule has 2 aromatic heterocycles. The van der Waals surface area contributed by atoms with Crippen LogP contribution in [0.4, 0.5) is 0 Å². The summed E-state index contributed by atoms with van der Waals surface area (Å²) >= 11 is 0. The molecular formula is C17H22N6O. The van der Waals surface area contributed by atoms with Crippen LogP contribution in [0, 0.1) is 6.92 Å². The van der Waals surface area contributed by atoms with Gasteiger partial charge in [0.25, 0.3) is 5.91 Å². The van der Waals surface area contributed by atoms with E-state index in [1.807, 2.05) is 31.2 Å². The summed E-state index contributed by atoms with van der Waals surface area (Å²) in [6.07, 6.45) is 2.68. The highest BCUT2D eigenvalue weighted by molar-refractivity contribution is 5.92. The van der Waals surface area contributed by atoms with Crippen LogP contribution in [-0.2, 0) is 6.54 Å². The van der Waals surface area contributed by atoms with Gasteiger partial charge in [-0.25, -0.2) is 0 Å². The molecule has 0 saturated carbocycles. The summed E-state index contributed by atoms with van der Waals surface area (Å²) < 4.78 is 1.81. The monoisotopic (exact) mass is 326 g/mol. The Bertz CT molecular complexity index is 711. The van der Waals surface area contributed by atoms with Crippen LogP contribution in [-0.4, -0.2) is 58.1 Å². The maximum Gasteiger partial charge on any atom is 0.272 e. The lowest BCUT2D eigenvalue weighted by Gasteiger charge is -2.13. The Kier molecular flexibility index (Phi) is 5.00. The van der Waals surface area contributed by atoms with Gasteiger partial charge in [0, 0.05) is 31.0 Å². The molecule has 126 valence electrons. The summed E-state index contributed by atoms with van der Waals surface area (Å²) in [7, 11) is 0. The van der Waals surface area contributed by atoms with Gasteiger partial charge in [-0.3, -0.25) is 24.4 Å². The molecule has 0 aromatic carbocycles. The van der Waals surface area contributed by atoms with Gasteiger partial charge in [-0.15, -0.1) is 0 Å². The number of carbonyl (C=O) groups excluding carboxylic acids is 1. The van der Waals surface area contributed by atoms with Crippen LogP contribution in [0.15, 0.2) is 35.5 Å². The topological polar surface area (TPSA) is 75.4 Å². The fourth-order valence-electron chi connectivity index (χ4n) is 2.91. The number of aryl methyl sites for hydroxylation is 1. The van der Waals surface area contributed by atoms with Gasteiger partial charge in [0.15, 0.2) is 0 Å². The van der Waals surface area contributed by atoms with Crippen molar-refractivity contribution in [3.63, 3.8) is 0 Å². The molecule has 0 unspecified atom stereocenters. The molecule has 1 fully saturated rings. The summed E-state index contributed by atoms with van der Waals surface area (Å²) in [6, 6.07) is 7.72. The predicted octanol–water partition coefficient (Wildman–Crippen LogP) is 1.10. The smallest absolute Gasteiger partial charge is 0.272 e. The molecule has 1 saturated heterocycles. The molecule has 3 heterocycles. The van der Waals surface area contributed by atoms with Gasteiger partial charge in [0.05, 0.1) is 18.9 Å². The molecule has 0 bridgehead atoms. The Balaban J connectivity index is 1.62. The number of rotatable bonds is 6. The van der Waals surface area contributed by atoms with E-state index in [4.69, 9.17) is 0 Å². The highest BCUT2D eigenvalue weighted by atomic mass is 16.2. The zero-order valence-corrected chi connectivity index (χ0v) is 13.9. The second-order valence-electron chi connectivity index (χ2n) is 6.05. The molecule has 1 amide bonds. The zero-order chi connectivity index (χ0) is 16.9. The summed E-state index contributed by atoms with van der Waals surface area (Å²) in [4.78, 5) is 22.8. The molecule has 1 aliphatic heterocycles. The highest BCUT2D eigenvalue weighted by Crippen LogP contribution is 2.11. The Morgan fingerprint density at radius 2 is 2.38 bits per heavy atom. The third-order valence-corrected chi connectivity index (χ3v) is 4.16. The number of carbonyl (C=O) groups is 1. The highest BCUT2D eigenvalue weighted by Gasteiger charge is 2.24. The zero-order valence-electron chi connectivity index (χ0n) is 13.9. The van der Waals surface area contributed by atoms with Crippen molar-refractivity contribution in [1.82, 2.24) is 25.0 Å². The number of pyridine rings is 1. The van der Waals surface area contributed by atoms with Gasteiger partial charge < -0.3 is 5.32 Å². The van der Waals surface area contributed by atoms with Gasteiger partial charge >= 0.3 is 0 Å². The quantitative estimate of drug-likeness (QED) is 0.807. The van der Waals surface area contributed by atoms with E-state index in [0.717, 1.165) is 30.9 Å². The average molecular weight is 326 g/mol. The summed E-state index contributed by atoms with van der Waals surface area (Å²) in [5, 5.41) is 7.48. The van der Waals surface area contributed by atoms with Crippen LogP contribution in [0.25, 0.3) is 0 Å². The lowest BCUT2D eigenvalue weighted by Crippen LogP contribution is -2.37. The minimum atomic E-state index is -0.128. The van der Waals surface area contributed by atoms with Crippen molar-refractivity contribution in [1.29, 1.82) is 0 Å². The first kappa shape index (κ1) is 16.3. The average Bonchev–Trinajstić information content (AvgIpc) is 3.16. The normalized spacial score (nSPS) is 17.8. The fourth-order valence-corrected chi connectivity index (χ4v) is 2.91. The van der Waals surface area contributed by atoms with Gasteiger partial charge in [-0.2, -0.15) is 5.10 Å². The predicted molar refractivity (Wildman–Crippen MR) is 92.2 cm³/mol. The Morgan fingerprint density at radius 3 is 3.12 bits per heavy atom. The molecule has 0 aliphatic carbocycles. The first-order valence-electron chi connectivity index (χ1n) is 8.06. The van der Waals surface area contributed by atoms with Crippen molar-refractivity contribution in [2.45, 2.75) is 25.9 Å². The van der Waals surface area contributed by atoms with E-state index in [1.54, 1.807) is 10.9 Å². The number of hydrogen-bond acceptors (Lipinski definition) is 5. The van der Waals surface area contributed by atoms with E-state index < -0.39 is 0 Å². The summed E-state index contributed by atoms with van der Waals surface area (Å²) in [6.45, 7) is 8.36. The summed E-state index contributed by atoms with van der Waals surface area (Å²) in [5.74, 6) is -0.128. The molecule has 24 heavy (non-hydrogen) atoms. The SMILES string of the molecule is C=NCN1CC[C@@H](NC(=O)c2cc(C)n(Cc3ccccn3)n2)C1. The van der Waals surface area contributed by atoms with Crippen molar-refractivity contribution in [3.05, 3.63) is 47.5 Å². The lowest BCUT2D eigenvalue weighted by atomic mass is 10.2. The maximum atomic E-state index is 12.4. The van der Waals surface area contributed by atoms with E-state index in [1.165, 1.54) is 0 Å². The Hall–Kier alpha value is -2.54. The Morgan fingerprint density at radius 1 is 1.50 bits per heavy atom. The van der Waals surface area contributed by atoms with Crippen LogP contribution in [0.1, 0.15) is 28.3 Å². The van der Waals surface area contributed by atoms with Gasteiger partial charge in [0.1, 0.15) is 5.69 Å². The number of hydrogen-bond donors (Lipinski definition) is 1. The fraction of sp³-hybridized carbons (Fsp3) is 0.412. The first-order chi connectivity index (χ1) is 11.7. The number of nitrogens with one attached hydrogen (secondary N) is 1.